The number of carbonyl (C=O) groups is 3. The molecule has 0 saturated carbocycles. The number of aromatic nitrogens is 2. The number of imidazole rings is 1. The summed E-state index contributed by atoms with van der Waals surface area (Å²) in [5.41, 5.74) is 1.94. The summed E-state index contributed by atoms with van der Waals surface area (Å²) in [6, 6.07) is 6.00. The zero-order valence-electron chi connectivity index (χ0n) is 23.5. The number of amides is 2. The van der Waals surface area contributed by atoms with E-state index in [-0.39, 0.29) is 25.7 Å². The van der Waals surface area contributed by atoms with E-state index in [0.29, 0.717) is 41.5 Å². The number of nitrogens with zero attached hydrogens (tertiary/aromatic N) is 2. The number of ether oxygens (including phenoxy) is 3. The number of anilines is 2. The van der Waals surface area contributed by atoms with E-state index < -0.39 is 26.1 Å². The molecule has 0 bridgehead atoms. The highest BCUT2D eigenvalue weighted by atomic mass is 28.3. The number of hydrogen-bond donors (Lipinski definition) is 2. The topological polar surface area (TPSA) is 121 Å². The SMILES string of the molecule is C=CCC(=O)Nc1cc(NC(=O)OC)ccc1-c1cn(COCC[Si](C)(C)C)c(C(CC=C)C(=O)OCC)n1. The zero-order valence-corrected chi connectivity index (χ0v) is 24.5. The molecular formula is C28H40N4O6Si. The summed E-state index contributed by atoms with van der Waals surface area (Å²) in [6.45, 7) is 17.0. The van der Waals surface area contributed by atoms with Crippen molar-refractivity contribution in [3.63, 3.8) is 0 Å². The lowest BCUT2D eigenvalue weighted by atomic mass is 10.0. The second-order valence-electron chi connectivity index (χ2n) is 10.0. The molecule has 0 aliphatic carbocycles. The Balaban J connectivity index is 2.56. The number of hydrogen-bond acceptors (Lipinski definition) is 7. The van der Waals surface area contributed by atoms with Gasteiger partial charge in [-0.3, -0.25) is 14.9 Å². The fourth-order valence-electron chi connectivity index (χ4n) is 3.65. The molecule has 212 valence electrons. The van der Waals surface area contributed by atoms with Crippen molar-refractivity contribution in [2.75, 3.05) is 31.0 Å². The Labute approximate surface area is 231 Å². The quantitative estimate of drug-likeness (QED) is 0.123. The van der Waals surface area contributed by atoms with Gasteiger partial charge in [0.1, 0.15) is 18.5 Å². The Kier molecular flexibility index (Phi) is 12.1. The van der Waals surface area contributed by atoms with Gasteiger partial charge in [0.05, 0.1) is 25.1 Å². The van der Waals surface area contributed by atoms with Gasteiger partial charge < -0.3 is 24.1 Å². The Hall–Kier alpha value is -3.70. The predicted molar refractivity (Wildman–Crippen MR) is 155 cm³/mol. The van der Waals surface area contributed by atoms with Crippen LogP contribution in [0.3, 0.4) is 0 Å². The lowest BCUT2D eigenvalue weighted by molar-refractivity contribution is -0.145. The molecule has 1 atom stereocenters. The molecule has 1 heterocycles. The molecule has 0 spiro atoms. The molecule has 1 aromatic heterocycles. The largest absolute Gasteiger partial charge is 0.465 e. The molecule has 0 aliphatic rings. The molecule has 2 N–H and O–H groups in total. The first kappa shape index (κ1) is 31.5. The summed E-state index contributed by atoms with van der Waals surface area (Å²) in [6.07, 6.45) is 4.72. The van der Waals surface area contributed by atoms with E-state index in [9.17, 15) is 14.4 Å². The van der Waals surface area contributed by atoms with Gasteiger partial charge in [0, 0.05) is 38.5 Å². The average molecular weight is 557 g/mol. The minimum atomic E-state index is -1.29. The molecule has 2 rings (SSSR count). The average Bonchev–Trinajstić information content (AvgIpc) is 3.28. The normalized spacial score (nSPS) is 11.8. The van der Waals surface area contributed by atoms with Crippen LogP contribution in [0.25, 0.3) is 11.3 Å². The summed E-state index contributed by atoms with van der Waals surface area (Å²) in [4.78, 5) is 41.9. The van der Waals surface area contributed by atoms with Crippen LogP contribution in [0.4, 0.5) is 16.2 Å². The van der Waals surface area contributed by atoms with Gasteiger partial charge in [-0.1, -0.05) is 31.8 Å². The molecule has 0 fully saturated rings. The number of rotatable bonds is 15. The van der Waals surface area contributed by atoms with Crippen molar-refractivity contribution in [2.45, 2.75) is 58.1 Å². The van der Waals surface area contributed by atoms with Crippen LogP contribution < -0.4 is 10.6 Å². The molecule has 10 nitrogen and oxygen atoms in total. The summed E-state index contributed by atoms with van der Waals surface area (Å²) in [5.74, 6) is -0.908. The van der Waals surface area contributed by atoms with Crippen LogP contribution in [0, 0.1) is 0 Å². The van der Waals surface area contributed by atoms with E-state index >= 15 is 0 Å². The maximum Gasteiger partial charge on any atom is 0.411 e. The summed E-state index contributed by atoms with van der Waals surface area (Å²) in [7, 11) is -0.0295. The summed E-state index contributed by atoms with van der Waals surface area (Å²) < 4.78 is 17.8. The van der Waals surface area contributed by atoms with Crippen LogP contribution in [-0.4, -0.2) is 55.9 Å². The first-order chi connectivity index (χ1) is 18.5. The molecule has 0 aliphatic heterocycles. The molecule has 11 heteroatoms. The van der Waals surface area contributed by atoms with Gasteiger partial charge in [0.25, 0.3) is 0 Å². The van der Waals surface area contributed by atoms with Crippen LogP contribution in [0.1, 0.15) is 31.5 Å². The van der Waals surface area contributed by atoms with Crippen LogP contribution in [-0.2, 0) is 30.5 Å². The van der Waals surface area contributed by atoms with Crippen molar-refractivity contribution in [3.05, 3.63) is 55.5 Å². The molecule has 0 saturated heterocycles. The van der Waals surface area contributed by atoms with Gasteiger partial charge in [-0.05, 0) is 37.6 Å². The molecule has 2 amide bonds. The van der Waals surface area contributed by atoms with E-state index in [1.165, 1.54) is 13.2 Å². The molecule has 1 aromatic carbocycles. The van der Waals surface area contributed by atoms with Crippen molar-refractivity contribution in [1.82, 2.24) is 9.55 Å². The molecule has 0 radical (unpaired) electrons. The third kappa shape index (κ3) is 9.84. The number of esters is 1. The van der Waals surface area contributed by atoms with Crippen molar-refractivity contribution in [1.29, 1.82) is 0 Å². The molecule has 39 heavy (non-hydrogen) atoms. The minimum Gasteiger partial charge on any atom is -0.465 e. The maximum atomic E-state index is 12.9. The van der Waals surface area contributed by atoms with Gasteiger partial charge in [-0.2, -0.15) is 0 Å². The Morgan fingerprint density at radius 2 is 1.90 bits per heavy atom. The Bertz CT molecular complexity index is 1170. The van der Waals surface area contributed by atoms with E-state index in [2.05, 4.69) is 48.2 Å². The fourth-order valence-corrected chi connectivity index (χ4v) is 4.41. The highest BCUT2D eigenvalue weighted by Gasteiger charge is 2.27. The van der Waals surface area contributed by atoms with Gasteiger partial charge >= 0.3 is 12.1 Å². The van der Waals surface area contributed by atoms with Crippen molar-refractivity contribution >= 4 is 37.4 Å². The number of methoxy groups -OCH3 is 1. The maximum absolute atomic E-state index is 12.9. The smallest absolute Gasteiger partial charge is 0.411 e. The number of benzene rings is 1. The van der Waals surface area contributed by atoms with Crippen molar-refractivity contribution in [3.8, 4) is 11.3 Å². The van der Waals surface area contributed by atoms with Crippen LogP contribution in [0.15, 0.2) is 49.7 Å². The van der Waals surface area contributed by atoms with E-state index in [1.54, 1.807) is 42.0 Å². The van der Waals surface area contributed by atoms with Gasteiger partial charge in [0.2, 0.25) is 5.91 Å². The minimum absolute atomic E-state index is 0.100. The predicted octanol–water partition coefficient (Wildman–Crippen LogP) is 5.78. The van der Waals surface area contributed by atoms with Crippen LogP contribution >= 0.6 is 0 Å². The second-order valence-corrected chi connectivity index (χ2v) is 15.7. The van der Waals surface area contributed by atoms with Crippen molar-refractivity contribution in [2.24, 2.45) is 0 Å². The summed E-state index contributed by atoms with van der Waals surface area (Å²) in [5, 5.41) is 5.45. The lowest BCUT2D eigenvalue weighted by Gasteiger charge is -2.18. The standard InChI is InChI=1S/C28H40N4O6Si/c1-8-11-22(27(34)38-10-3)26-31-24(18-32(26)19-37-15-16-39(5,6)7)21-14-13-20(29-28(35)36-4)17-23(21)30-25(33)12-9-2/h8-9,13-14,17-18,22H,1-2,10-12,15-16,19H2,3-7H3,(H,29,35)(H,30,33). The van der Waals surface area contributed by atoms with Gasteiger partial charge in [0.15, 0.2) is 0 Å². The first-order valence-corrected chi connectivity index (χ1v) is 16.6. The Morgan fingerprint density at radius 1 is 1.15 bits per heavy atom. The van der Waals surface area contributed by atoms with Gasteiger partial charge in [-0.25, -0.2) is 9.78 Å². The monoisotopic (exact) mass is 556 g/mol. The van der Waals surface area contributed by atoms with Crippen LogP contribution in [0.2, 0.25) is 25.7 Å². The molecule has 2 aromatic rings. The summed E-state index contributed by atoms with van der Waals surface area (Å²) >= 11 is 0. The molecule has 1 unspecified atom stereocenters. The number of carbonyl (C=O) groups excluding carboxylic acids is 3. The molecular weight excluding hydrogens is 516 g/mol. The van der Waals surface area contributed by atoms with Crippen molar-refractivity contribution < 1.29 is 28.6 Å². The third-order valence-corrected chi connectivity index (χ3v) is 7.35. The van der Waals surface area contributed by atoms with E-state index in [4.69, 9.17) is 14.5 Å². The third-order valence-electron chi connectivity index (χ3n) is 5.65. The second kappa shape index (κ2) is 15.0. The lowest BCUT2D eigenvalue weighted by Crippen LogP contribution is -2.23. The fraction of sp³-hybridized carbons (Fsp3) is 0.429. The highest BCUT2D eigenvalue weighted by molar-refractivity contribution is 6.76. The van der Waals surface area contributed by atoms with E-state index in [0.717, 1.165) is 6.04 Å². The number of nitrogens with one attached hydrogen (secondary N) is 2. The van der Waals surface area contributed by atoms with Gasteiger partial charge in [-0.15, -0.1) is 13.2 Å². The van der Waals surface area contributed by atoms with E-state index in [1.807, 2.05) is 0 Å². The highest BCUT2D eigenvalue weighted by Crippen LogP contribution is 2.33. The first-order valence-electron chi connectivity index (χ1n) is 12.8. The Morgan fingerprint density at radius 3 is 2.51 bits per heavy atom. The number of allylic oxidation sites excluding steroid dienone is 1. The zero-order chi connectivity index (χ0) is 29.0. The van der Waals surface area contributed by atoms with Crippen LogP contribution in [0.5, 0.6) is 0 Å².